The van der Waals surface area contributed by atoms with Crippen LogP contribution in [0, 0.1) is 0 Å². The Morgan fingerprint density at radius 3 is 1.29 bits per heavy atom. The number of para-hydroxylation sites is 4. The van der Waals surface area contributed by atoms with Crippen LogP contribution in [0.2, 0.25) is 0 Å². The Hall–Kier alpha value is -10.3. The van der Waals surface area contributed by atoms with Crippen molar-refractivity contribution in [3.63, 3.8) is 0 Å². The monoisotopic (exact) mass is 1020 g/mol. The summed E-state index contributed by atoms with van der Waals surface area (Å²) in [6.07, 6.45) is 18.7. The number of fused-ring (bicyclic) bond motifs is 13. The van der Waals surface area contributed by atoms with Gasteiger partial charge in [-0.15, -0.1) is 0 Å². The summed E-state index contributed by atoms with van der Waals surface area (Å²) in [4.78, 5) is 0. The van der Waals surface area contributed by atoms with E-state index in [2.05, 4.69) is 313 Å². The van der Waals surface area contributed by atoms with Crippen LogP contribution in [0.15, 0.2) is 291 Å². The van der Waals surface area contributed by atoms with E-state index in [1.807, 2.05) is 0 Å². The largest absolute Gasteiger partial charge is 0.309 e. The summed E-state index contributed by atoms with van der Waals surface area (Å²) in [7, 11) is 0. The van der Waals surface area contributed by atoms with Crippen LogP contribution in [-0.4, -0.2) is 9.13 Å². The molecule has 0 unspecified atom stereocenters. The first-order chi connectivity index (χ1) is 39.6. The third kappa shape index (κ3) is 7.79. The van der Waals surface area contributed by atoms with E-state index in [1.54, 1.807) is 0 Å². The van der Waals surface area contributed by atoms with Crippen LogP contribution in [0.25, 0.3) is 113 Å². The van der Waals surface area contributed by atoms with Gasteiger partial charge in [0.25, 0.3) is 0 Å². The molecule has 0 aliphatic heterocycles. The second-order valence-corrected chi connectivity index (χ2v) is 21.3. The summed E-state index contributed by atoms with van der Waals surface area (Å²) in [6.45, 7) is 4.94. The van der Waals surface area contributed by atoms with Crippen molar-refractivity contribution in [2.45, 2.75) is 11.8 Å². The van der Waals surface area contributed by atoms with Gasteiger partial charge in [-0.3, -0.25) is 0 Å². The van der Waals surface area contributed by atoms with E-state index < -0.39 is 5.41 Å². The number of benzene rings is 11. The lowest BCUT2D eigenvalue weighted by Crippen LogP contribution is -2.30. The van der Waals surface area contributed by atoms with Crippen molar-refractivity contribution in [1.29, 1.82) is 0 Å². The van der Waals surface area contributed by atoms with Gasteiger partial charge in [0.15, 0.2) is 0 Å². The van der Waals surface area contributed by atoms with Crippen LogP contribution >= 0.6 is 0 Å². The third-order valence-corrected chi connectivity index (χ3v) is 16.8. The molecule has 2 aliphatic rings. The molecular formula is C78H54N2. The van der Waals surface area contributed by atoms with Gasteiger partial charge in [0.2, 0.25) is 0 Å². The fraction of sp³-hybridized carbons (Fsp3) is 0.0256. The molecule has 0 fully saturated rings. The molecule has 0 amide bonds. The second kappa shape index (κ2) is 19.3. The highest BCUT2D eigenvalue weighted by atomic mass is 15.0. The summed E-state index contributed by atoms with van der Waals surface area (Å²) < 4.78 is 4.74. The SMILES string of the molecule is C=C1/C=C\C=C/Cc2ccccc2C12c1cc(/C=C/c3ccc(-c4ccc5c(c4)c4ccccc4n5-c4ccccc4)cc3)ccc1-c1ccc(/C=C/c3ccc(-c4ccc5c(c4)c4ccccc4n5-c4ccccc4)cc3)cc12. The minimum atomic E-state index is -0.607. The van der Waals surface area contributed by atoms with Gasteiger partial charge in [0.05, 0.1) is 27.5 Å². The minimum absolute atomic E-state index is 0.607. The molecule has 2 nitrogen and oxygen atoms in total. The summed E-state index contributed by atoms with van der Waals surface area (Å²) in [5.74, 6) is 0. The molecule has 80 heavy (non-hydrogen) atoms. The standard InChI is InChI=1S/C78H54N2/c1-53-17-5-2-6-18-60-19-11-14-26-71(60)78(53)72-49-56(31-29-54-33-39-58(40-34-54)61-43-47-76-69(51-61)67-24-12-15-27-74(67)79(76)63-20-7-3-8-21-63)37-45-65(72)66-46-38-57(50-73(66)78)32-30-55-35-41-59(42-36-55)62-44-48-77-70(52-62)68-25-13-16-28-75(68)80(77)64-22-9-4-10-23-64/h2-17,19-52H,1,18H2/b6-2-,17-5-,31-29+,32-30+. The van der Waals surface area contributed by atoms with Crippen LogP contribution in [0.3, 0.4) is 0 Å². The average molecular weight is 1020 g/mol. The van der Waals surface area contributed by atoms with Crippen molar-refractivity contribution in [2.75, 3.05) is 0 Å². The van der Waals surface area contributed by atoms with Crippen LogP contribution in [0.5, 0.6) is 0 Å². The fourth-order valence-electron chi connectivity index (χ4n) is 13.0. The highest BCUT2D eigenvalue weighted by Gasteiger charge is 2.47. The van der Waals surface area contributed by atoms with Crippen molar-refractivity contribution < 1.29 is 0 Å². The number of allylic oxidation sites excluding steroid dienone is 5. The molecule has 15 rings (SSSR count). The van der Waals surface area contributed by atoms with Crippen LogP contribution in [-0.2, 0) is 11.8 Å². The maximum atomic E-state index is 4.94. The van der Waals surface area contributed by atoms with Gasteiger partial charge in [-0.25, -0.2) is 0 Å². The fourth-order valence-corrected chi connectivity index (χ4v) is 13.0. The lowest BCUT2D eigenvalue weighted by atomic mass is 9.65. The molecule has 2 aliphatic carbocycles. The Bertz CT molecular complexity index is 4450. The van der Waals surface area contributed by atoms with Crippen molar-refractivity contribution in [3.05, 3.63) is 336 Å². The molecule has 0 saturated heterocycles. The first-order valence-corrected chi connectivity index (χ1v) is 27.7. The number of hydrogen-bond acceptors (Lipinski definition) is 0. The van der Waals surface area contributed by atoms with E-state index in [0.29, 0.717) is 0 Å². The van der Waals surface area contributed by atoms with Crippen LogP contribution < -0.4 is 0 Å². The highest BCUT2D eigenvalue weighted by Crippen LogP contribution is 2.58. The highest BCUT2D eigenvalue weighted by molar-refractivity contribution is 6.11. The van der Waals surface area contributed by atoms with Gasteiger partial charge in [-0.1, -0.05) is 237 Å². The molecule has 2 heterocycles. The van der Waals surface area contributed by atoms with E-state index in [-0.39, 0.29) is 0 Å². The molecule has 1 spiro atoms. The Labute approximate surface area is 466 Å². The summed E-state index contributed by atoms with van der Waals surface area (Å²) >= 11 is 0. The molecule has 13 aromatic rings. The molecular weight excluding hydrogens is 965 g/mol. The zero-order chi connectivity index (χ0) is 53.2. The molecule has 0 atom stereocenters. The molecule has 0 N–H and O–H groups in total. The van der Waals surface area contributed by atoms with E-state index >= 15 is 0 Å². The second-order valence-electron chi connectivity index (χ2n) is 21.3. The first-order valence-electron chi connectivity index (χ1n) is 27.7. The summed E-state index contributed by atoms with van der Waals surface area (Å²) in [5.41, 5.74) is 24.6. The normalized spacial score (nSPS) is 14.4. The third-order valence-electron chi connectivity index (χ3n) is 16.8. The van der Waals surface area contributed by atoms with E-state index in [0.717, 1.165) is 34.2 Å². The maximum absolute atomic E-state index is 4.94. The van der Waals surface area contributed by atoms with Gasteiger partial charge in [-0.05, 0) is 163 Å². The zero-order valence-electron chi connectivity index (χ0n) is 44.2. The number of hydrogen-bond donors (Lipinski definition) is 0. The van der Waals surface area contributed by atoms with Gasteiger partial charge in [-0.2, -0.15) is 0 Å². The Balaban J connectivity index is 0.742. The molecule has 2 heteroatoms. The molecule has 376 valence electrons. The first kappa shape index (κ1) is 47.0. The van der Waals surface area contributed by atoms with E-state index in [1.165, 1.54) is 111 Å². The number of aromatic nitrogens is 2. The molecule has 2 aromatic heterocycles. The van der Waals surface area contributed by atoms with Crippen molar-refractivity contribution in [1.82, 2.24) is 9.13 Å². The maximum Gasteiger partial charge on any atom is 0.0711 e. The Morgan fingerprint density at radius 2 is 0.762 bits per heavy atom. The van der Waals surface area contributed by atoms with Gasteiger partial charge in [0.1, 0.15) is 0 Å². The zero-order valence-corrected chi connectivity index (χ0v) is 44.2. The minimum Gasteiger partial charge on any atom is -0.309 e. The number of rotatable bonds is 8. The lowest BCUT2D eigenvalue weighted by Gasteiger charge is -2.36. The summed E-state index contributed by atoms with van der Waals surface area (Å²) in [5, 5.41) is 5.02. The summed E-state index contributed by atoms with van der Waals surface area (Å²) in [6, 6.07) is 93.5. The Morgan fingerprint density at radius 1 is 0.338 bits per heavy atom. The predicted octanol–water partition coefficient (Wildman–Crippen LogP) is 20.1. The Kier molecular flexibility index (Phi) is 11.3. The smallest absolute Gasteiger partial charge is 0.0711 e. The molecule has 0 saturated carbocycles. The number of nitrogens with zero attached hydrogens (tertiary/aromatic N) is 2. The molecule has 0 radical (unpaired) electrons. The predicted molar refractivity (Wildman–Crippen MR) is 340 cm³/mol. The average Bonchev–Trinajstić information content (AvgIpc) is 4.19. The van der Waals surface area contributed by atoms with Crippen molar-refractivity contribution >= 4 is 67.9 Å². The lowest BCUT2D eigenvalue weighted by molar-refractivity contribution is 0.759. The van der Waals surface area contributed by atoms with Gasteiger partial charge in [0, 0.05) is 32.9 Å². The van der Waals surface area contributed by atoms with Crippen LogP contribution in [0.4, 0.5) is 0 Å². The van der Waals surface area contributed by atoms with Gasteiger partial charge < -0.3 is 9.13 Å². The quantitative estimate of drug-likeness (QED) is 0.134. The van der Waals surface area contributed by atoms with E-state index in [4.69, 9.17) is 6.58 Å². The van der Waals surface area contributed by atoms with Crippen molar-refractivity contribution in [2.24, 2.45) is 0 Å². The molecule has 11 aromatic carbocycles. The van der Waals surface area contributed by atoms with E-state index in [9.17, 15) is 0 Å². The molecule has 0 bridgehead atoms. The van der Waals surface area contributed by atoms with Crippen LogP contribution in [0.1, 0.15) is 44.5 Å². The van der Waals surface area contributed by atoms with Crippen molar-refractivity contribution in [3.8, 4) is 44.8 Å². The van der Waals surface area contributed by atoms with Gasteiger partial charge >= 0.3 is 0 Å². The topological polar surface area (TPSA) is 9.86 Å².